The Bertz CT molecular complexity index is 874. The molecule has 0 bridgehead atoms. The molecule has 6 heteroatoms. The average Bonchev–Trinajstić information content (AvgIpc) is 3.04. The van der Waals surface area contributed by atoms with Crippen molar-refractivity contribution in [1.29, 1.82) is 0 Å². The first kappa shape index (κ1) is 23.4. The van der Waals surface area contributed by atoms with Crippen LogP contribution in [0.15, 0.2) is 23.8 Å². The van der Waals surface area contributed by atoms with Crippen LogP contribution in [-0.2, 0) is 19.1 Å². The van der Waals surface area contributed by atoms with Gasteiger partial charge in [0.15, 0.2) is 11.4 Å². The Morgan fingerprint density at radius 2 is 2.00 bits per heavy atom. The van der Waals surface area contributed by atoms with Crippen molar-refractivity contribution < 1.29 is 29.3 Å². The van der Waals surface area contributed by atoms with Crippen molar-refractivity contribution in [3.05, 3.63) is 23.8 Å². The highest BCUT2D eigenvalue weighted by molar-refractivity contribution is 6.01. The van der Waals surface area contributed by atoms with E-state index >= 15 is 0 Å². The van der Waals surface area contributed by atoms with Crippen LogP contribution < -0.4 is 0 Å². The number of rotatable bonds is 6. The van der Waals surface area contributed by atoms with E-state index in [9.17, 15) is 24.6 Å². The molecule has 0 radical (unpaired) electrons. The van der Waals surface area contributed by atoms with Gasteiger partial charge >= 0.3 is 5.97 Å². The number of fused-ring (bicyclic) bond motifs is 5. The minimum atomic E-state index is -1.39. The van der Waals surface area contributed by atoms with Crippen LogP contribution in [0, 0.1) is 28.6 Å². The lowest BCUT2D eigenvalue weighted by Crippen LogP contribution is -2.63. The van der Waals surface area contributed by atoms with Crippen molar-refractivity contribution in [3.8, 4) is 0 Å². The zero-order chi connectivity index (χ0) is 23.3. The van der Waals surface area contributed by atoms with Crippen molar-refractivity contribution in [3.63, 3.8) is 0 Å². The van der Waals surface area contributed by atoms with Crippen LogP contribution in [-0.4, -0.2) is 46.1 Å². The van der Waals surface area contributed by atoms with Gasteiger partial charge in [-0.3, -0.25) is 14.4 Å². The van der Waals surface area contributed by atoms with Gasteiger partial charge in [0.25, 0.3) is 0 Å². The molecule has 7 atom stereocenters. The van der Waals surface area contributed by atoms with E-state index in [4.69, 9.17) is 4.74 Å². The maximum Gasteiger partial charge on any atom is 0.306 e. The third kappa shape index (κ3) is 3.25. The van der Waals surface area contributed by atoms with Crippen molar-refractivity contribution in [1.82, 2.24) is 0 Å². The number of carbonyl (C=O) groups excluding carboxylic acids is 3. The van der Waals surface area contributed by atoms with E-state index < -0.39 is 35.5 Å². The second-order valence-corrected chi connectivity index (χ2v) is 10.7. The number of allylic oxidation sites excluding steroid dienone is 4. The predicted molar refractivity (Wildman–Crippen MR) is 118 cm³/mol. The SMILES string of the molecule is CCCCC(=O)O[C@]1(C(=O)CO)CC[C@H]2[C@@H]3CCC4=CC(=O)C=C[C@]4(C)[C@H]3C(O)C[C@@]21C. The van der Waals surface area contributed by atoms with Crippen LogP contribution in [0.1, 0.15) is 72.1 Å². The summed E-state index contributed by atoms with van der Waals surface area (Å²) in [6.07, 6.45) is 9.42. The van der Waals surface area contributed by atoms with Gasteiger partial charge < -0.3 is 14.9 Å². The van der Waals surface area contributed by atoms with Gasteiger partial charge in [0.1, 0.15) is 6.61 Å². The van der Waals surface area contributed by atoms with Crippen LogP contribution in [0.25, 0.3) is 0 Å². The summed E-state index contributed by atoms with van der Waals surface area (Å²) >= 11 is 0. The number of ketones is 2. The summed E-state index contributed by atoms with van der Waals surface area (Å²) in [6, 6.07) is 0. The van der Waals surface area contributed by atoms with E-state index in [-0.39, 0.29) is 35.4 Å². The Labute approximate surface area is 190 Å². The number of hydrogen-bond acceptors (Lipinski definition) is 6. The first-order chi connectivity index (χ1) is 15.1. The van der Waals surface area contributed by atoms with Gasteiger partial charge in [-0.1, -0.05) is 38.8 Å². The molecule has 0 heterocycles. The highest BCUT2D eigenvalue weighted by atomic mass is 16.6. The quantitative estimate of drug-likeness (QED) is 0.610. The largest absolute Gasteiger partial charge is 0.450 e. The highest BCUT2D eigenvalue weighted by Crippen LogP contribution is 2.67. The summed E-state index contributed by atoms with van der Waals surface area (Å²) in [5.41, 5.74) is -1.43. The molecule has 4 rings (SSSR count). The van der Waals surface area contributed by atoms with Gasteiger partial charge in [-0.05, 0) is 62.5 Å². The Morgan fingerprint density at radius 3 is 2.69 bits per heavy atom. The molecule has 4 aliphatic carbocycles. The lowest BCUT2D eigenvalue weighted by atomic mass is 9.46. The summed E-state index contributed by atoms with van der Waals surface area (Å²) in [5, 5.41) is 21.3. The maximum atomic E-state index is 13.1. The minimum Gasteiger partial charge on any atom is -0.450 e. The number of carbonyl (C=O) groups is 3. The first-order valence-electron chi connectivity index (χ1n) is 12.1. The van der Waals surface area contributed by atoms with Crippen LogP contribution >= 0.6 is 0 Å². The molecule has 6 nitrogen and oxygen atoms in total. The van der Waals surface area contributed by atoms with Gasteiger partial charge in [-0.2, -0.15) is 0 Å². The fourth-order valence-corrected chi connectivity index (χ4v) is 7.69. The third-order valence-electron chi connectivity index (χ3n) is 9.23. The monoisotopic (exact) mass is 444 g/mol. The molecule has 32 heavy (non-hydrogen) atoms. The van der Waals surface area contributed by atoms with E-state index in [0.29, 0.717) is 19.3 Å². The van der Waals surface area contributed by atoms with Crippen LogP contribution in [0.5, 0.6) is 0 Å². The molecule has 0 aromatic rings. The van der Waals surface area contributed by atoms with Gasteiger partial charge in [0.2, 0.25) is 5.78 Å². The Balaban J connectivity index is 1.70. The lowest BCUT2D eigenvalue weighted by molar-refractivity contribution is -0.200. The van der Waals surface area contributed by atoms with Gasteiger partial charge in [0, 0.05) is 23.2 Å². The highest BCUT2D eigenvalue weighted by Gasteiger charge is 2.70. The Morgan fingerprint density at radius 1 is 1.25 bits per heavy atom. The molecule has 0 aromatic heterocycles. The molecule has 1 unspecified atom stereocenters. The molecule has 176 valence electrons. The molecule has 0 aromatic carbocycles. The standard InChI is InChI=1S/C26H36O6/c1-4-5-6-22(31)32-26(21(30)15-27)12-10-19-18-8-7-16-13-17(28)9-11-24(16,2)23(18)20(29)14-25(19,26)3/h9,11,13,18-20,23,27,29H,4-8,10,12,14-15H2,1-3H3/t18-,19-,20?,23+,24-,25-,26-/m0/s1. The number of ether oxygens (including phenoxy) is 1. The topological polar surface area (TPSA) is 101 Å². The Kier molecular flexibility index (Phi) is 6.00. The number of aliphatic hydroxyl groups excluding tert-OH is 2. The molecular formula is C26H36O6. The number of Topliss-reactive ketones (excluding diaryl/α,β-unsaturated/α-hetero) is 1. The smallest absolute Gasteiger partial charge is 0.306 e. The molecule has 0 amide bonds. The number of esters is 1. The summed E-state index contributed by atoms with van der Waals surface area (Å²) in [7, 11) is 0. The fourth-order valence-electron chi connectivity index (χ4n) is 7.69. The van der Waals surface area contributed by atoms with Crippen molar-refractivity contribution in [2.24, 2.45) is 28.6 Å². The molecule has 0 spiro atoms. The third-order valence-corrected chi connectivity index (χ3v) is 9.23. The summed E-state index contributed by atoms with van der Waals surface area (Å²) in [4.78, 5) is 37.8. The van der Waals surface area contributed by atoms with Crippen molar-refractivity contribution in [2.75, 3.05) is 6.61 Å². The summed E-state index contributed by atoms with van der Waals surface area (Å²) in [5.74, 6) is -0.675. The number of unbranched alkanes of at least 4 members (excludes halogenated alkanes) is 1. The number of hydrogen-bond donors (Lipinski definition) is 2. The maximum absolute atomic E-state index is 13.1. The molecule has 3 saturated carbocycles. The van der Waals surface area contributed by atoms with Crippen LogP contribution in [0.4, 0.5) is 0 Å². The Hall–Kier alpha value is -1.79. The first-order valence-corrected chi connectivity index (χ1v) is 12.1. The molecule has 4 aliphatic rings. The van der Waals surface area contributed by atoms with Gasteiger partial charge in [-0.15, -0.1) is 0 Å². The van der Waals surface area contributed by atoms with E-state index in [0.717, 1.165) is 31.3 Å². The zero-order valence-electron chi connectivity index (χ0n) is 19.4. The van der Waals surface area contributed by atoms with E-state index in [1.807, 2.05) is 19.9 Å². The molecular weight excluding hydrogens is 408 g/mol. The minimum absolute atomic E-state index is 0.00141. The summed E-state index contributed by atoms with van der Waals surface area (Å²) < 4.78 is 5.97. The fraction of sp³-hybridized carbons (Fsp3) is 0.731. The van der Waals surface area contributed by atoms with Crippen molar-refractivity contribution in [2.45, 2.75) is 83.8 Å². The van der Waals surface area contributed by atoms with Crippen molar-refractivity contribution >= 4 is 17.5 Å². The second-order valence-electron chi connectivity index (χ2n) is 10.7. The van der Waals surface area contributed by atoms with Gasteiger partial charge in [-0.25, -0.2) is 0 Å². The number of aliphatic hydroxyl groups is 2. The average molecular weight is 445 g/mol. The molecule has 2 N–H and O–H groups in total. The van der Waals surface area contributed by atoms with E-state index in [1.54, 1.807) is 12.2 Å². The van der Waals surface area contributed by atoms with Crippen LogP contribution in [0.2, 0.25) is 0 Å². The lowest BCUT2D eigenvalue weighted by Gasteiger charge is -2.59. The van der Waals surface area contributed by atoms with Gasteiger partial charge in [0.05, 0.1) is 6.10 Å². The predicted octanol–water partition coefficient (Wildman–Crippen LogP) is 3.30. The van der Waals surface area contributed by atoms with E-state index in [2.05, 4.69) is 6.92 Å². The van der Waals surface area contributed by atoms with E-state index in [1.165, 1.54) is 0 Å². The molecule has 3 fully saturated rings. The summed E-state index contributed by atoms with van der Waals surface area (Å²) in [6.45, 7) is 5.39. The molecule has 0 saturated heterocycles. The second kappa shape index (κ2) is 8.21. The molecule has 0 aliphatic heterocycles. The van der Waals surface area contributed by atoms with Crippen LogP contribution in [0.3, 0.4) is 0 Å². The zero-order valence-corrected chi connectivity index (χ0v) is 19.4. The normalized spacial score (nSPS) is 42.5.